The second-order valence-electron chi connectivity index (χ2n) is 4.31. The molecule has 104 valence electrons. The molecule has 1 saturated heterocycles. The quantitative estimate of drug-likeness (QED) is 0.763. The molecule has 1 aliphatic heterocycles. The number of nitriles is 1. The maximum atomic E-state index is 12.1. The first-order valence-electron chi connectivity index (χ1n) is 5.68. The van der Waals surface area contributed by atoms with E-state index in [1.165, 1.54) is 31.3 Å². The zero-order valence-corrected chi connectivity index (χ0v) is 11.3. The summed E-state index contributed by atoms with van der Waals surface area (Å²) in [5.41, 5.74) is 0.329. The lowest BCUT2D eigenvalue weighted by Crippen LogP contribution is -2.40. The number of imide groups is 1. The normalized spacial score (nSPS) is 19.2. The van der Waals surface area contributed by atoms with Crippen LogP contribution in [0.15, 0.2) is 29.2 Å². The summed E-state index contributed by atoms with van der Waals surface area (Å²) in [6.45, 7) is 0. The number of nitrogens with one attached hydrogen (secondary N) is 1. The number of carbonyl (C=O) groups is 2. The highest BCUT2D eigenvalue weighted by Gasteiger charge is 2.38. The van der Waals surface area contributed by atoms with Crippen LogP contribution in [0.25, 0.3) is 0 Å². The minimum atomic E-state index is -3.91. The Labute approximate surface area is 115 Å². The Kier molecular flexibility index (Phi) is 3.57. The summed E-state index contributed by atoms with van der Waals surface area (Å²) in [7, 11) is -2.60. The highest BCUT2D eigenvalue weighted by atomic mass is 32.2. The van der Waals surface area contributed by atoms with Crippen molar-refractivity contribution in [2.75, 3.05) is 7.05 Å². The van der Waals surface area contributed by atoms with Gasteiger partial charge in [-0.05, 0) is 24.3 Å². The summed E-state index contributed by atoms with van der Waals surface area (Å²) >= 11 is 0. The maximum absolute atomic E-state index is 12.1. The molecule has 1 atom stereocenters. The van der Waals surface area contributed by atoms with E-state index in [0.29, 0.717) is 5.56 Å². The Morgan fingerprint density at radius 2 is 1.90 bits per heavy atom. The van der Waals surface area contributed by atoms with E-state index in [0.717, 1.165) is 4.90 Å². The van der Waals surface area contributed by atoms with Crippen molar-refractivity contribution in [1.29, 1.82) is 5.26 Å². The molecule has 0 aliphatic carbocycles. The fourth-order valence-corrected chi connectivity index (χ4v) is 3.00. The van der Waals surface area contributed by atoms with Crippen molar-refractivity contribution in [1.82, 2.24) is 9.62 Å². The third-order valence-corrected chi connectivity index (χ3v) is 4.46. The van der Waals surface area contributed by atoms with Gasteiger partial charge < -0.3 is 0 Å². The van der Waals surface area contributed by atoms with Crippen LogP contribution in [-0.4, -0.2) is 38.2 Å². The predicted molar refractivity (Wildman–Crippen MR) is 67.7 cm³/mol. The van der Waals surface area contributed by atoms with Crippen LogP contribution in [0.2, 0.25) is 0 Å². The molecule has 1 unspecified atom stereocenters. The van der Waals surface area contributed by atoms with Crippen LogP contribution in [0.5, 0.6) is 0 Å². The van der Waals surface area contributed by atoms with Gasteiger partial charge in [0.2, 0.25) is 21.8 Å². The molecule has 0 spiro atoms. The SMILES string of the molecule is CN1C(=O)CC(NS(=O)(=O)c2ccc(C#N)cc2)C1=O. The van der Waals surface area contributed by atoms with Gasteiger partial charge in [0.1, 0.15) is 6.04 Å². The molecule has 7 nitrogen and oxygen atoms in total. The molecule has 2 amide bonds. The summed E-state index contributed by atoms with van der Waals surface area (Å²) in [6.07, 6.45) is -0.190. The first-order chi connectivity index (χ1) is 9.35. The van der Waals surface area contributed by atoms with Crippen molar-refractivity contribution >= 4 is 21.8 Å². The molecule has 8 heteroatoms. The number of rotatable bonds is 3. The van der Waals surface area contributed by atoms with Gasteiger partial charge in [0.15, 0.2) is 0 Å². The fraction of sp³-hybridized carbons (Fsp3) is 0.250. The van der Waals surface area contributed by atoms with Crippen molar-refractivity contribution in [3.05, 3.63) is 29.8 Å². The summed E-state index contributed by atoms with van der Waals surface area (Å²) in [6, 6.07) is 6.07. The van der Waals surface area contributed by atoms with Crippen molar-refractivity contribution < 1.29 is 18.0 Å². The van der Waals surface area contributed by atoms with E-state index < -0.39 is 27.9 Å². The molecule has 1 fully saturated rings. The van der Waals surface area contributed by atoms with Gasteiger partial charge in [0, 0.05) is 7.05 Å². The maximum Gasteiger partial charge on any atom is 0.247 e. The Bertz CT molecular complexity index is 703. The third-order valence-electron chi connectivity index (χ3n) is 2.97. The summed E-state index contributed by atoms with van der Waals surface area (Å²) in [5, 5.41) is 8.65. The number of likely N-dealkylation sites (N-methyl/N-ethyl adjacent to an activating group) is 1. The molecule has 0 aromatic heterocycles. The second-order valence-corrected chi connectivity index (χ2v) is 6.02. The van der Waals surface area contributed by atoms with Crippen LogP contribution in [0.3, 0.4) is 0 Å². The van der Waals surface area contributed by atoms with Crippen LogP contribution in [0.4, 0.5) is 0 Å². The van der Waals surface area contributed by atoms with Gasteiger partial charge in [-0.3, -0.25) is 14.5 Å². The van der Waals surface area contributed by atoms with E-state index in [2.05, 4.69) is 4.72 Å². The van der Waals surface area contributed by atoms with Gasteiger partial charge in [-0.1, -0.05) is 0 Å². The summed E-state index contributed by atoms with van der Waals surface area (Å²) < 4.78 is 26.3. The number of carbonyl (C=O) groups excluding carboxylic acids is 2. The summed E-state index contributed by atoms with van der Waals surface area (Å²) in [5.74, 6) is -1.00. The van der Waals surface area contributed by atoms with Gasteiger partial charge in [-0.15, -0.1) is 0 Å². The van der Waals surface area contributed by atoms with Gasteiger partial charge >= 0.3 is 0 Å². The Hall–Kier alpha value is -2.24. The van der Waals surface area contributed by atoms with Crippen molar-refractivity contribution in [2.45, 2.75) is 17.4 Å². The van der Waals surface area contributed by atoms with Crippen LogP contribution in [0, 0.1) is 11.3 Å². The van der Waals surface area contributed by atoms with Gasteiger partial charge in [-0.25, -0.2) is 8.42 Å². The zero-order valence-electron chi connectivity index (χ0n) is 10.5. The van der Waals surface area contributed by atoms with Gasteiger partial charge in [0.25, 0.3) is 0 Å². The standard InChI is InChI=1S/C12H11N3O4S/c1-15-11(16)6-10(12(15)17)14-20(18,19)9-4-2-8(7-13)3-5-9/h2-5,10,14H,6H2,1H3. The van der Waals surface area contributed by atoms with Gasteiger partial charge in [0.05, 0.1) is 22.9 Å². The lowest BCUT2D eigenvalue weighted by atomic mass is 10.2. The molecular weight excluding hydrogens is 282 g/mol. The average molecular weight is 293 g/mol. The van der Waals surface area contributed by atoms with Crippen LogP contribution in [-0.2, 0) is 19.6 Å². The Morgan fingerprint density at radius 3 is 2.35 bits per heavy atom. The monoisotopic (exact) mass is 293 g/mol. The minimum Gasteiger partial charge on any atom is -0.284 e. The zero-order chi connectivity index (χ0) is 14.9. The molecule has 1 N–H and O–H groups in total. The van der Waals surface area contributed by atoms with Crippen molar-refractivity contribution in [3.63, 3.8) is 0 Å². The number of benzene rings is 1. The molecule has 0 radical (unpaired) electrons. The molecule has 1 aliphatic rings. The van der Waals surface area contributed by atoms with E-state index in [1.54, 1.807) is 0 Å². The molecule has 0 saturated carbocycles. The van der Waals surface area contributed by atoms with E-state index in [9.17, 15) is 18.0 Å². The molecular formula is C12H11N3O4S. The molecule has 1 aromatic rings. The second kappa shape index (κ2) is 5.03. The van der Waals surface area contributed by atoms with E-state index in [-0.39, 0.29) is 11.3 Å². The lowest BCUT2D eigenvalue weighted by Gasteiger charge is -2.11. The molecule has 1 heterocycles. The smallest absolute Gasteiger partial charge is 0.247 e. The summed E-state index contributed by atoms with van der Waals surface area (Å²) in [4.78, 5) is 23.8. The van der Waals surface area contributed by atoms with Crippen LogP contribution >= 0.6 is 0 Å². The predicted octanol–water partition coefficient (Wildman–Crippen LogP) is -0.406. The molecule has 20 heavy (non-hydrogen) atoms. The largest absolute Gasteiger partial charge is 0.284 e. The molecule has 1 aromatic carbocycles. The number of nitrogens with zero attached hydrogens (tertiary/aromatic N) is 2. The number of amides is 2. The van der Waals surface area contributed by atoms with E-state index >= 15 is 0 Å². The van der Waals surface area contributed by atoms with Gasteiger partial charge in [-0.2, -0.15) is 9.98 Å². The van der Waals surface area contributed by atoms with E-state index in [4.69, 9.17) is 5.26 Å². The number of hydrogen-bond donors (Lipinski definition) is 1. The Morgan fingerprint density at radius 1 is 1.30 bits per heavy atom. The lowest BCUT2D eigenvalue weighted by molar-refractivity contribution is -0.137. The number of sulfonamides is 1. The molecule has 2 rings (SSSR count). The van der Waals surface area contributed by atoms with Crippen molar-refractivity contribution in [3.8, 4) is 6.07 Å². The fourth-order valence-electron chi connectivity index (χ4n) is 1.81. The van der Waals surface area contributed by atoms with Crippen LogP contribution in [0.1, 0.15) is 12.0 Å². The first kappa shape index (κ1) is 14.2. The van der Waals surface area contributed by atoms with E-state index in [1.807, 2.05) is 6.07 Å². The number of hydrogen-bond acceptors (Lipinski definition) is 5. The minimum absolute atomic E-state index is 0.0636. The highest BCUT2D eigenvalue weighted by molar-refractivity contribution is 7.89. The number of likely N-dealkylation sites (tertiary alicyclic amines) is 1. The van der Waals surface area contributed by atoms with Crippen LogP contribution < -0.4 is 4.72 Å². The highest BCUT2D eigenvalue weighted by Crippen LogP contribution is 2.15. The topological polar surface area (TPSA) is 107 Å². The first-order valence-corrected chi connectivity index (χ1v) is 7.16. The third kappa shape index (κ3) is 2.54. The molecule has 0 bridgehead atoms. The van der Waals surface area contributed by atoms with Crippen molar-refractivity contribution in [2.24, 2.45) is 0 Å². The average Bonchev–Trinajstić information content (AvgIpc) is 2.66. The Balaban J connectivity index is 2.22.